The second-order valence-corrected chi connectivity index (χ2v) is 6.45. The van der Waals surface area contributed by atoms with Crippen LogP contribution in [0.3, 0.4) is 0 Å². The minimum absolute atomic E-state index is 0.0109. The van der Waals surface area contributed by atoms with E-state index in [4.69, 9.17) is 5.11 Å². The lowest BCUT2D eigenvalue weighted by atomic mass is 10.3. The molecule has 0 bridgehead atoms. The average molecular weight is 307 g/mol. The van der Waals surface area contributed by atoms with Crippen molar-refractivity contribution in [1.82, 2.24) is 4.72 Å². The maximum Gasteiger partial charge on any atom is 0.338 e. The van der Waals surface area contributed by atoms with Gasteiger partial charge in [0.05, 0.1) is 12.7 Å². The summed E-state index contributed by atoms with van der Waals surface area (Å²) in [7, 11) is -2.50. The zero-order chi connectivity index (χ0) is 14.5. The Hall–Kier alpha value is -1.45. The lowest BCUT2D eigenvalue weighted by molar-refractivity contribution is -0.137. The van der Waals surface area contributed by atoms with Crippen LogP contribution in [0.2, 0.25) is 0 Å². The molecule has 0 radical (unpaired) electrons. The SMILES string of the molecule is COC(=O)c1csc(S(=O)(=O)NCCCC(=O)O)c1. The van der Waals surface area contributed by atoms with Crippen LogP contribution in [0.1, 0.15) is 23.2 Å². The molecule has 0 unspecified atom stereocenters. The second-order valence-electron chi connectivity index (χ2n) is 3.54. The van der Waals surface area contributed by atoms with E-state index in [1.54, 1.807) is 0 Å². The molecule has 106 valence electrons. The second kappa shape index (κ2) is 6.64. The van der Waals surface area contributed by atoms with Gasteiger partial charge in [0.25, 0.3) is 0 Å². The number of thiophene rings is 1. The molecule has 0 amide bonds. The zero-order valence-corrected chi connectivity index (χ0v) is 11.7. The van der Waals surface area contributed by atoms with E-state index in [0.717, 1.165) is 11.3 Å². The van der Waals surface area contributed by atoms with E-state index in [-0.39, 0.29) is 29.2 Å². The van der Waals surface area contributed by atoms with E-state index >= 15 is 0 Å². The van der Waals surface area contributed by atoms with Crippen molar-refractivity contribution in [3.05, 3.63) is 17.0 Å². The van der Waals surface area contributed by atoms with Crippen LogP contribution in [0.15, 0.2) is 15.7 Å². The lowest BCUT2D eigenvalue weighted by Crippen LogP contribution is -2.24. The Labute approximate surface area is 114 Å². The Morgan fingerprint density at radius 1 is 1.47 bits per heavy atom. The van der Waals surface area contributed by atoms with Gasteiger partial charge in [-0.3, -0.25) is 4.79 Å². The number of esters is 1. The first-order chi connectivity index (χ1) is 8.86. The van der Waals surface area contributed by atoms with Crippen molar-refractivity contribution in [3.63, 3.8) is 0 Å². The summed E-state index contributed by atoms with van der Waals surface area (Å²) >= 11 is 0.897. The number of ether oxygens (including phenoxy) is 1. The highest BCUT2D eigenvalue weighted by Crippen LogP contribution is 2.20. The van der Waals surface area contributed by atoms with Crippen LogP contribution in [-0.2, 0) is 19.6 Å². The van der Waals surface area contributed by atoms with Gasteiger partial charge in [0, 0.05) is 18.3 Å². The predicted octanol–water partition coefficient (Wildman–Crippen LogP) is 0.678. The maximum absolute atomic E-state index is 11.8. The van der Waals surface area contributed by atoms with E-state index in [1.165, 1.54) is 18.6 Å². The molecular weight excluding hydrogens is 294 g/mol. The van der Waals surface area contributed by atoms with Gasteiger partial charge in [0.15, 0.2) is 0 Å². The van der Waals surface area contributed by atoms with Crippen molar-refractivity contribution >= 4 is 33.3 Å². The topological polar surface area (TPSA) is 110 Å². The lowest BCUT2D eigenvalue weighted by Gasteiger charge is -2.03. The van der Waals surface area contributed by atoms with Gasteiger partial charge in [-0.1, -0.05) is 0 Å². The first-order valence-electron chi connectivity index (χ1n) is 5.25. The van der Waals surface area contributed by atoms with Gasteiger partial charge in [-0.2, -0.15) is 0 Å². The van der Waals surface area contributed by atoms with E-state index in [2.05, 4.69) is 9.46 Å². The van der Waals surface area contributed by atoms with Gasteiger partial charge in [-0.15, -0.1) is 11.3 Å². The summed E-state index contributed by atoms with van der Waals surface area (Å²) in [6.45, 7) is 0.0279. The first-order valence-corrected chi connectivity index (χ1v) is 7.61. The van der Waals surface area contributed by atoms with Crippen molar-refractivity contribution in [3.8, 4) is 0 Å². The number of hydrogen-bond donors (Lipinski definition) is 2. The predicted molar refractivity (Wildman–Crippen MR) is 67.7 cm³/mol. The molecule has 0 aromatic carbocycles. The number of nitrogens with one attached hydrogen (secondary N) is 1. The monoisotopic (exact) mass is 307 g/mol. The van der Waals surface area contributed by atoms with Crippen LogP contribution < -0.4 is 4.72 Å². The van der Waals surface area contributed by atoms with Gasteiger partial charge in [-0.05, 0) is 12.5 Å². The standard InChI is InChI=1S/C10H13NO6S2/c1-17-10(14)7-5-9(18-6-7)19(15,16)11-4-2-3-8(12)13/h5-6,11H,2-4H2,1H3,(H,12,13). The minimum Gasteiger partial charge on any atom is -0.481 e. The van der Waals surface area contributed by atoms with Crippen LogP contribution in [0, 0.1) is 0 Å². The number of carbonyl (C=O) groups is 2. The highest BCUT2D eigenvalue weighted by atomic mass is 32.2. The number of carboxylic acids is 1. The summed E-state index contributed by atoms with van der Waals surface area (Å²) in [5, 5.41) is 9.81. The summed E-state index contributed by atoms with van der Waals surface area (Å²) in [6.07, 6.45) is 0.0875. The maximum atomic E-state index is 11.8. The largest absolute Gasteiger partial charge is 0.481 e. The molecule has 0 fully saturated rings. The number of aliphatic carboxylic acids is 1. The van der Waals surface area contributed by atoms with E-state index in [0.29, 0.717) is 0 Å². The van der Waals surface area contributed by atoms with E-state index in [9.17, 15) is 18.0 Å². The Balaban J connectivity index is 2.64. The van der Waals surface area contributed by atoms with Gasteiger partial charge >= 0.3 is 11.9 Å². The molecule has 0 aliphatic rings. The van der Waals surface area contributed by atoms with Crippen LogP contribution in [0.5, 0.6) is 0 Å². The molecule has 1 aromatic rings. The summed E-state index contributed by atoms with van der Waals surface area (Å²) in [6, 6.07) is 1.22. The molecule has 0 aliphatic carbocycles. The van der Waals surface area contributed by atoms with Crippen molar-refractivity contribution in [2.24, 2.45) is 0 Å². The van der Waals surface area contributed by atoms with E-state index in [1.807, 2.05) is 0 Å². The molecular formula is C10H13NO6S2. The number of hydrogen-bond acceptors (Lipinski definition) is 6. The molecule has 0 spiro atoms. The summed E-state index contributed by atoms with van der Waals surface area (Å²) in [5.41, 5.74) is 0.165. The van der Waals surface area contributed by atoms with Gasteiger partial charge in [-0.25, -0.2) is 17.9 Å². The zero-order valence-electron chi connectivity index (χ0n) is 10.1. The fourth-order valence-electron chi connectivity index (χ4n) is 1.20. The molecule has 0 saturated carbocycles. The summed E-state index contributed by atoms with van der Waals surface area (Å²) < 4.78 is 30.3. The number of carboxylic acid groups (broad SMARTS) is 1. The molecule has 9 heteroatoms. The van der Waals surface area contributed by atoms with Gasteiger partial charge in [0.1, 0.15) is 4.21 Å². The van der Waals surface area contributed by atoms with Gasteiger partial charge < -0.3 is 9.84 Å². The summed E-state index contributed by atoms with van der Waals surface area (Å²) in [5.74, 6) is -1.59. The summed E-state index contributed by atoms with van der Waals surface area (Å²) in [4.78, 5) is 21.5. The normalized spacial score (nSPS) is 11.2. The Morgan fingerprint density at radius 3 is 2.74 bits per heavy atom. The molecule has 1 heterocycles. The van der Waals surface area contributed by atoms with Gasteiger partial charge in [0.2, 0.25) is 10.0 Å². The molecule has 2 N–H and O–H groups in total. The molecule has 7 nitrogen and oxygen atoms in total. The number of sulfonamides is 1. The number of carbonyl (C=O) groups excluding carboxylic acids is 1. The van der Waals surface area contributed by atoms with Crippen molar-refractivity contribution in [2.75, 3.05) is 13.7 Å². The molecule has 0 aliphatic heterocycles. The minimum atomic E-state index is -3.71. The Bertz CT molecular complexity index is 562. The third-order valence-corrected chi connectivity index (χ3v) is 5.02. The fourth-order valence-corrected chi connectivity index (χ4v) is 3.47. The molecule has 0 saturated heterocycles. The molecule has 1 rings (SSSR count). The van der Waals surface area contributed by atoms with Crippen molar-refractivity contribution in [1.29, 1.82) is 0 Å². The van der Waals surface area contributed by atoms with Crippen molar-refractivity contribution in [2.45, 2.75) is 17.1 Å². The van der Waals surface area contributed by atoms with Crippen LogP contribution in [0.4, 0.5) is 0 Å². The third kappa shape index (κ3) is 4.62. The Kier molecular flexibility index (Phi) is 5.45. The third-order valence-electron chi connectivity index (χ3n) is 2.12. The fraction of sp³-hybridized carbons (Fsp3) is 0.400. The average Bonchev–Trinajstić information content (AvgIpc) is 2.84. The Morgan fingerprint density at radius 2 is 2.16 bits per heavy atom. The van der Waals surface area contributed by atoms with E-state index < -0.39 is 22.0 Å². The van der Waals surface area contributed by atoms with Crippen LogP contribution >= 0.6 is 11.3 Å². The molecule has 19 heavy (non-hydrogen) atoms. The highest BCUT2D eigenvalue weighted by Gasteiger charge is 2.18. The smallest absolute Gasteiger partial charge is 0.338 e. The van der Waals surface area contributed by atoms with Crippen molar-refractivity contribution < 1.29 is 27.9 Å². The number of rotatable bonds is 7. The highest BCUT2D eigenvalue weighted by molar-refractivity contribution is 7.91. The first kappa shape index (κ1) is 15.6. The van der Waals surface area contributed by atoms with Crippen LogP contribution in [0.25, 0.3) is 0 Å². The molecule has 0 atom stereocenters. The number of methoxy groups -OCH3 is 1. The quantitative estimate of drug-likeness (QED) is 0.566. The van der Waals surface area contributed by atoms with Crippen LogP contribution in [-0.4, -0.2) is 39.1 Å². The molecule has 1 aromatic heterocycles.